The summed E-state index contributed by atoms with van der Waals surface area (Å²) in [4.78, 5) is 0. The van der Waals surface area contributed by atoms with Gasteiger partial charge in [0.2, 0.25) is 0 Å². The van der Waals surface area contributed by atoms with Crippen LogP contribution in [0, 0.1) is 22.7 Å². The van der Waals surface area contributed by atoms with Crippen molar-refractivity contribution in [2.75, 3.05) is 0 Å². The summed E-state index contributed by atoms with van der Waals surface area (Å²) in [5, 5.41) is 31.0. The Balaban J connectivity index is 1.47. The fourth-order valence-electron chi connectivity index (χ4n) is 7.34. The lowest BCUT2D eigenvalue weighted by molar-refractivity contribution is 0.0521. The molecule has 3 nitrogen and oxygen atoms in total. The first kappa shape index (κ1) is 16.7. The van der Waals surface area contributed by atoms with Crippen LogP contribution in [0.15, 0.2) is 35.5 Å². The summed E-state index contributed by atoms with van der Waals surface area (Å²) in [6, 6.07) is 0. The van der Waals surface area contributed by atoms with E-state index < -0.39 is 31.5 Å². The molecule has 4 fully saturated rings. The van der Waals surface area contributed by atoms with E-state index in [9.17, 15) is 15.3 Å². The van der Waals surface area contributed by atoms with Crippen molar-refractivity contribution < 1.29 is 23.5 Å². The third-order valence-corrected chi connectivity index (χ3v) is 9.07. The van der Waals surface area contributed by atoms with Crippen molar-refractivity contribution in [1.29, 1.82) is 0 Å². The van der Waals surface area contributed by atoms with Gasteiger partial charge in [0.15, 0.2) is 0 Å². The molecule has 31 heavy (non-hydrogen) atoms. The Morgan fingerprint density at radius 1 is 1.19 bits per heavy atom. The minimum atomic E-state index is -2.95. The molecule has 3 N–H and O–H groups in total. The van der Waals surface area contributed by atoms with E-state index in [1.807, 2.05) is 0 Å². The molecule has 5 atom stereocenters. The summed E-state index contributed by atoms with van der Waals surface area (Å²) in [6.45, 7) is 0.540. The van der Waals surface area contributed by atoms with Crippen LogP contribution in [-0.4, -0.2) is 33.1 Å². The first-order valence-electron chi connectivity index (χ1n) is 15.2. The zero-order chi connectivity index (χ0) is 27.4. The zero-order valence-corrected chi connectivity index (χ0v) is 19.0. The van der Waals surface area contributed by atoms with Gasteiger partial charge in [0.25, 0.3) is 0 Å². The molecule has 3 heteroatoms. The number of fused-ring (bicyclic) bond motifs is 1. The Morgan fingerprint density at radius 2 is 1.97 bits per heavy atom. The number of hydrogen-bond acceptors (Lipinski definition) is 3. The fraction of sp³-hybridized carbons (Fsp3) is 0.786. The van der Waals surface area contributed by atoms with Crippen LogP contribution in [0.25, 0.3) is 0 Å². The van der Waals surface area contributed by atoms with Crippen LogP contribution in [0.3, 0.4) is 0 Å². The van der Waals surface area contributed by atoms with Gasteiger partial charge < -0.3 is 15.3 Å². The van der Waals surface area contributed by atoms with Gasteiger partial charge in [0.05, 0.1) is 17.8 Å². The monoisotopic (exact) mass is 434 g/mol. The SMILES string of the molecule is [2H]C([2H])([2H])C(O)(CCCC1(C2CCC3/C(=C/C=C4/CC(O)C[C@H](O)C4=C)CCC[C@@]32C)CC1)C([2H])([2H])[2H]. The Kier molecular flexibility index (Phi) is 4.55. The second-order valence-corrected chi connectivity index (χ2v) is 11.2. The molecule has 0 aliphatic heterocycles. The minimum absolute atomic E-state index is 0.112. The number of aliphatic hydroxyl groups excluding tert-OH is 2. The second kappa shape index (κ2) is 8.47. The van der Waals surface area contributed by atoms with E-state index in [4.69, 9.17) is 8.22 Å². The van der Waals surface area contributed by atoms with Gasteiger partial charge in [-0.2, -0.15) is 0 Å². The number of allylic oxidation sites excluding steroid dienone is 3. The molecule has 0 heterocycles. The fourth-order valence-corrected chi connectivity index (χ4v) is 7.34. The van der Waals surface area contributed by atoms with Crippen molar-refractivity contribution >= 4 is 0 Å². The van der Waals surface area contributed by atoms with Crippen LogP contribution in [0.4, 0.5) is 0 Å². The molecule has 4 aliphatic rings. The molecular weight excluding hydrogens is 384 g/mol. The smallest absolute Gasteiger partial charge is 0.0811 e. The Hall–Kier alpha value is -0.900. The molecule has 4 aliphatic carbocycles. The Morgan fingerprint density at radius 3 is 2.68 bits per heavy atom. The van der Waals surface area contributed by atoms with Gasteiger partial charge in [0.1, 0.15) is 0 Å². The highest BCUT2D eigenvalue weighted by molar-refractivity contribution is 5.38. The molecule has 0 amide bonds. The van der Waals surface area contributed by atoms with Crippen molar-refractivity contribution in [2.24, 2.45) is 22.7 Å². The molecule has 0 aromatic heterocycles. The summed E-state index contributed by atoms with van der Waals surface area (Å²) in [5.41, 5.74) is 0.649. The van der Waals surface area contributed by atoms with E-state index >= 15 is 0 Å². The standard InChI is InChI=1S/C28H44O3/c1-19-21(17-22(29)18-24(19)30)9-8-20-7-5-13-27(4)23(20)10-11-25(27)28(15-16-28)14-6-12-26(2,3)31/h8-9,22-25,29-31H,1,5-7,10-18H2,2-4H3/b20-8+,21-9-/t22?,23?,24-,25?,27-/m0/s1/i2D3,3D3. The summed E-state index contributed by atoms with van der Waals surface area (Å²) in [5.74, 6) is 0.970. The first-order valence-corrected chi connectivity index (χ1v) is 12.2. The summed E-state index contributed by atoms with van der Waals surface area (Å²) in [6.07, 6.45) is 12.5. The Bertz CT molecular complexity index is 931. The third kappa shape index (κ3) is 4.75. The van der Waals surface area contributed by atoms with E-state index in [0.29, 0.717) is 36.7 Å². The highest BCUT2D eigenvalue weighted by Gasteiger charge is 2.60. The van der Waals surface area contributed by atoms with Gasteiger partial charge in [-0.15, -0.1) is 0 Å². The predicted molar refractivity (Wildman–Crippen MR) is 127 cm³/mol. The molecule has 0 aromatic carbocycles. The molecule has 0 bridgehead atoms. The maximum Gasteiger partial charge on any atom is 0.0811 e. The average Bonchev–Trinajstić information content (AvgIpc) is 3.46. The maximum absolute atomic E-state index is 10.7. The van der Waals surface area contributed by atoms with Crippen molar-refractivity contribution in [2.45, 2.75) is 115 Å². The van der Waals surface area contributed by atoms with Crippen LogP contribution in [-0.2, 0) is 0 Å². The van der Waals surface area contributed by atoms with Crippen molar-refractivity contribution in [1.82, 2.24) is 0 Å². The lowest BCUT2D eigenvalue weighted by atomic mass is 9.59. The van der Waals surface area contributed by atoms with Crippen molar-refractivity contribution in [3.8, 4) is 0 Å². The molecule has 4 saturated carbocycles. The third-order valence-electron chi connectivity index (χ3n) is 9.07. The van der Waals surface area contributed by atoms with E-state index in [1.54, 1.807) is 0 Å². The highest BCUT2D eigenvalue weighted by atomic mass is 16.3. The lowest BCUT2D eigenvalue weighted by Crippen LogP contribution is -2.37. The predicted octanol–water partition coefficient (Wildman–Crippen LogP) is 5.85. The van der Waals surface area contributed by atoms with Gasteiger partial charge in [-0.1, -0.05) is 37.6 Å². The van der Waals surface area contributed by atoms with Gasteiger partial charge in [-0.25, -0.2) is 0 Å². The van der Waals surface area contributed by atoms with E-state index in [1.165, 1.54) is 5.57 Å². The lowest BCUT2D eigenvalue weighted by Gasteiger charge is -2.45. The molecule has 0 saturated heterocycles. The summed E-state index contributed by atoms with van der Waals surface area (Å²) >= 11 is 0. The van der Waals surface area contributed by atoms with Gasteiger partial charge in [-0.05, 0) is 112 Å². The Labute approximate surface area is 197 Å². The summed E-state index contributed by atoms with van der Waals surface area (Å²) in [7, 11) is 0. The molecule has 4 rings (SSSR count). The van der Waals surface area contributed by atoms with Crippen LogP contribution < -0.4 is 0 Å². The number of aliphatic hydroxyl groups is 3. The maximum atomic E-state index is 10.7. The quantitative estimate of drug-likeness (QED) is 0.491. The normalized spacial score (nSPS) is 44.1. The molecule has 3 unspecified atom stereocenters. The molecule has 174 valence electrons. The molecule has 0 radical (unpaired) electrons. The number of rotatable bonds is 6. The largest absolute Gasteiger partial charge is 0.393 e. The van der Waals surface area contributed by atoms with Gasteiger partial charge in [0, 0.05) is 14.6 Å². The summed E-state index contributed by atoms with van der Waals surface area (Å²) < 4.78 is 46.0. The molecule has 0 spiro atoms. The van der Waals surface area contributed by atoms with Crippen LogP contribution in [0.5, 0.6) is 0 Å². The molecular formula is C28H44O3. The van der Waals surface area contributed by atoms with Crippen LogP contribution >= 0.6 is 0 Å². The van der Waals surface area contributed by atoms with Crippen LogP contribution in [0.2, 0.25) is 0 Å². The van der Waals surface area contributed by atoms with Gasteiger partial charge >= 0.3 is 0 Å². The van der Waals surface area contributed by atoms with Crippen molar-refractivity contribution in [3.05, 3.63) is 35.5 Å². The van der Waals surface area contributed by atoms with E-state index in [-0.39, 0.29) is 17.3 Å². The minimum Gasteiger partial charge on any atom is -0.393 e. The van der Waals surface area contributed by atoms with E-state index in [0.717, 1.165) is 56.9 Å². The van der Waals surface area contributed by atoms with Crippen LogP contribution in [0.1, 0.15) is 106 Å². The second-order valence-electron chi connectivity index (χ2n) is 11.2. The zero-order valence-electron chi connectivity index (χ0n) is 25.0. The first-order chi connectivity index (χ1) is 17.0. The topological polar surface area (TPSA) is 60.7 Å². The highest BCUT2D eigenvalue weighted by Crippen LogP contribution is 2.70. The average molecular weight is 435 g/mol. The van der Waals surface area contributed by atoms with Crippen molar-refractivity contribution in [3.63, 3.8) is 0 Å². The van der Waals surface area contributed by atoms with Gasteiger partial charge in [-0.3, -0.25) is 0 Å². The van der Waals surface area contributed by atoms with E-state index in [2.05, 4.69) is 25.7 Å². The number of hydrogen-bond donors (Lipinski definition) is 3. The molecule has 0 aromatic rings.